The Labute approximate surface area is 127 Å². The second-order valence-corrected chi connectivity index (χ2v) is 8.00. The van der Waals surface area contributed by atoms with Crippen molar-refractivity contribution in [1.82, 2.24) is 4.72 Å². The van der Waals surface area contributed by atoms with Crippen LogP contribution in [0.15, 0.2) is 23.1 Å². The van der Waals surface area contributed by atoms with Crippen LogP contribution in [0.5, 0.6) is 5.75 Å². The molecule has 120 valence electrons. The average Bonchev–Trinajstić information content (AvgIpc) is 2.42. The minimum Gasteiger partial charge on any atom is -0.495 e. The minimum atomic E-state index is -3.68. The first-order valence-electron chi connectivity index (χ1n) is 6.89. The summed E-state index contributed by atoms with van der Waals surface area (Å²) in [5.41, 5.74) is 0.541. The maximum Gasteiger partial charge on any atom is 0.244 e. The molecular formula is C15H25NO4S. The van der Waals surface area contributed by atoms with E-state index in [-0.39, 0.29) is 28.6 Å². The van der Waals surface area contributed by atoms with E-state index in [4.69, 9.17) is 9.84 Å². The Morgan fingerprint density at radius 3 is 2.43 bits per heavy atom. The van der Waals surface area contributed by atoms with Crippen LogP contribution < -0.4 is 9.46 Å². The SMILES string of the molecule is COc1ccc(CO)cc1S(=O)(=O)NCC(C)C(C)(C)C. The molecule has 1 aromatic carbocycles. The van der Waals surface area contributed by atoms with E-state index >= 15 is 0 Å². The third kappa shape index (κ3) is 4.69. The second kappa shape index (κ2) is 6.77. The van der Waals surface area contributed by atoms with Crippen LogP contribution in [0.4, 0.5) is 0 Å². The molecule has 0 saturated heterocycles. The highest BCUT2D eigenvalue weighted by atomic mass is 32.2. The van der Waals surface area contributed by atoms with Crippen molar-refractivity contribution in [3.8, 4) is 5.75 Å². The van der Waals surface area contributed by atoms with Gasteiger partial charge in [0.1, 0.15) is 10.6 Å². The fourth-order valence-electron chi connectivity index (χ4n) is 1.65. The topological polar surface area (TPSA) is 75.6 Å². The van der Waals surface area contributed by atoms with E-state index in [0.29, 0.717) is 12.1 Å². The molecule has 0 aliphatic carbocycles. The Hall–Kier alpha value is -1.11. The first kappa shape index (κ1) is 17.9. The van der Waals surface area contributed by atoms with Gasteiger partial charge in [0.25, 0.3) is 0 Å². The number of aliphatic hydroxyl groups is 1. The van der Waals surface area contributed by atoms with Gasteiger partial charge in [-0.3, -0.25) is 0 Å². The fraction of sp³-hybridized carbons (Fsp3) is 0.600. The summed E-state index contributed by atoms with van der Waals surface area (Å²) in [6.45, 7) is 8.34. The van der Waals surface area contributed by atoms with Crippen LogP contribution in [0.25, 0.3) is 0 Å². The van der Waals surface area contributed by atoms with Gasteiger partial charge in [-0.1, -0.05) is 33.8 Å². The van der Waals surface area contributed by atoms with Crippen molar-refractivity contribution in [2.45, 2.75) is 39.2 Å². The number of methoxy groups -OCH3 is 1. The molecule has 1 atom stereocenters. The first-order valence-corrected chi connectivity index (χ1v) is 8.37. The van der Waals surface area contributed by atoms with E-state index in [9.17, 15) is 8.42 Å². The summed E-state index contributed by atoms with van der Waals surface area (Å²) in [6.07, 6.45) is 0. The van der Waals surface area contributed by atoms with Gasteiger partial charge in [0.05, 0.1) is 13.7 Å². The zero-order valence-electron chi connectivity index (χ0n) is 13.3. The lowest BCUT2D eigenvalue weighted by Crippen LogP contribution is -2.33. The van der Waals surface area contributed by atoms with Gasteiger partial charge in [0.2, 0.25) is 10.0 Å². The lowest BCUT2D eigenvalue weighted by molar-refractivity contribution is 0.263. The molecule has 0 aliphatic rings. The number of nitrogens with one attached hydrogen (secondary N) is 1. The molecule has 1 unspecified atom stereocenters. The lowest BCUT2D eigenvalue weighted by atomic mass is 9.82. The summed E-state index contributed by atoms with van der Waals surface area (Å²) in [7, 11) is -2.26. The predicted molar refractivity (Wildman–Crippen MR) is 82.7 cm³/mol. The average molecular weight is 315 g/mol. The second-order valence-electron chi connectivity index (χ2n) is 6.26. The van der Waals surface area contributed by atoms with Crippen molar-refractivity contribution in [3.05, 3.63) is 23.8 Å². The van der Waals surface area contributed by atoms with E-state index < -0.39 is 10.0 Å². The minimum absolute atomic E-state index is 0.0134. The molecule has 6 heteroatoms. The molecule has 0 saturated carbocycles. The van der Waals surface area contributed by atoms with Crippen molar-refractivity contribution in [2.75, 3.05) is 13.7 Å². The molecular weight excluding hydrogens is 290 g/mol. The summed E-state index contributed by atoms with van der Waals surface area (Å²) in [5.74, 6) is 0.447. The third-order valence-corrected chi connectivity index (χ3v) is 5.20. The maximum absolute atomic E-state index is 12.4. The Morgan fingerprint density at radius 1 is 1.33 bits per heavy atom. The van der Waals surface area contributed by atoms with Gasteiger partial charge in [-0.2, -0.15) is 0 Å². The zero-order valence-corrected chi connectivity index (χ0v) is 14.1. The summed E-state index contributed by atoms with van der Waals surface area (Å²) in [4.78, 5) is 0.0534. The third-order valence-electron chi connectivity index (χ3n) is 3.76. The summed E-state index contributed by atoms with van der Waals surface area (Å²) in [6, 6.07) is 4.62. The smallest absolute Gasteiger partial charge is 0.244 e. The van der Waals surface area contributed by atoms with E-state index in [1.54, 1.807) is 12.1 Å². The lowest BCUT2D eigenvalue weighted by Gasteiger charge is -2.27. The number of ether oxygens (including phenoxy) is 1. The van der Waals surface area contributed by atoms with Crippen LogP contribution in [0.2, 0.25) is 0 Å². The van der Waals surface area contributed by atoms with Crippen molar-refractivity contribution < 1.29 is 18.3 Å². The normalized spacial score (nSPS) is 14.0. The molecule has 21 heavy (non-hydrogen) atoms. The molecule has 2 N–H and O–H groups in total. The molecule has 0 aliphatic heterocycles. The molecule has 0 heterocycles. The van der Waals surface area contributed by atoms with E-state index in [2.05, 4.69) is 25.5 Å². The monoisotopic (exact) mass is 315 g/mol. The highest BCUT2D eigenvalue weighted by Crippen LogP contribution is 2.27. The molecule has 0 aromatic heterocycles. The van der Waals surface area contributed by atoms with Gasteiger partial charge in [0.15, 0.2) is 0 Å². The maximum atomic E-state index is 12.4. The van der Waals surface area contributed by atoms with Crippen LogP contribution in [-0.4, -0.2) is 27.2 Å². The Balaban J connectivity index is 3.02. The van der Waals surface area contributed by atoms with Crippen LogP contribution in [-0.2, 0) is 16.6 Å². The van der Waals surface area contributed by atoms with Crippen molar-refractivity contribution in [3.63, 3.8) is 0 Å². The highest BCUT2D eigenvalue weighted by Gasteiger charge is 2.24. The molecule has 5 nitrogen and oxygen atoms in total. The molecule has 0 spiro atoms. The number of aliphatic hydroxyl groups excluding tert-OH is 1. The number of hydrogen-bond acceptors (Lipinski definition) is 4. The van der Waals surface area contributed by atoms with E-state index in [1.165, 1.54) is 13.2 Å². The summed E-state index contributed by atoms with van der Waals surface area (Å²) < 4.78 is 32.6. The Morgan fingerprint density at radius 2 is 1.95 bits per heavy atom. The van der Waals surface area contributed by atoms with Crippen LogP contribution in [0.1, 0.15) is 33.3 Å². The van der Waals surface area contributed by atoms with Gasteiger partial charge < -0.3 is 9.84 Å². The van der Waals surface area contributed by atoms with Gasteiger partial charge in [-0.25, -0.2) is 13.1 Å². The molecule has 0 fully saturated rings. The van der Waals surface area contributed by atoms with Gasteiger partial charge in [-0.05, 0) is 29.0 Å². The first-order chi connectivity index (χ1) is 9.61. The van der Waals surface area contributed by atoms with Gasteiger partial charge in [-0.15, -0.1) is 0 Å². The quantitative estimate of drug-likeness (QED) is 0.843. The number of hydrogen-bond donors (Lipinski definition) is 2. The predicted octanol–water partition coefficient (Wildman–Crippen LogP) is 2.15. The Kier molecular flexibility index (Phi) is 5.78. The van der Waals surface area contributed by atoms with E-state index in [1.807, 2.05) is 6.92 Å². The van der Waals surface area contributed by atoms with Crippen molar-refractivity contribution in [2.24, 2.45) is 11.3 Å². The highest BCUT2D eigenvalue weighted by molar-refractivity contribution is 7.89. The summed E-state index contributed by atoms with van der Waals surface area (Å²) >= 11 is 0. The van der Waals surface area contributed by atoms with Crippen molar-refractivity contribution >= 4 is 10.0 Å². The van der Waals surface area contributed by atoms with Crippen LogP contribution in [0.3, 0.4) is 0 Å². The van der Waals surface area contributed by atoms with E-state index in [0.717, 1.165) is 0 Å². The largest absolute Gasteiger partial charge is 0.495 e. The zero-order chi connectivity index (χ0) is 16.3. The number of sulfonamides is 1. The fourth-order valence-corrected chi connectivity index (χ4v) is 3.00. The standard InChI is InChI=1S/C15H25NO4S/c1-11(15(2,3)4)9-16-21(18,19)14-8-12(10-17)6-7-13(14)20-5/h6-8,11,16-17H,9-10H2,1-5H3. The molecule has 1 rings (SSSR count). The van der Waals surface area contributed by atoms with Crippen molar-refractivity contribution in [1.29, 1.82) is 0 Å². The summed E-state index contributed by atoms with van der Waals surface area (Å²) in [5, 5.41) is 9.16. The van der Waals surface area contributed by atoms with Gasteiger partial charge >= 0.3 is 0 Å². The number of rotatable bonds is 6. The molecule has 1 aromatic rings. The Bertz CT molecular complexity index is 576. The molecule has 0 amide bonds. The number of benzene rings is 1. The van der Waals surface area contributed by atoms with Crippen LogP contribution in [0, 0.1) is 11.3 Å². The van der Waals surface area contributed by atoms with Gasteiger partial charge in [0, 0.05) is 6.54 Å². The molecule has 0 bridgehead atoms. The van der Waals surface area contributed by atoms with Crippen LogP contribution >= 0.6 is 0 Å². The molecule has 0 radical (unpaired) electrons.